The van der Waals surface area contributed by atoms with Crippen LogP contribution in [0.2, 0.25) is 0 Å². The van der Waals surface area contributed by atoms with Gasteiger partial charge in [0.1, 0.15) is 24.1 Å². The summed E-state index contributed by atoms with van der Waals surface area (Å²) >= 11 is 0. The molecule has 6 nitrogen and oxygen atoms in total. The summed E-state index contributed by atoms with van der Waals surface area (Å²) in [6, 6.07) is 6.62. The minimum absolute atomic E-state index is 0.107. The molecule has 0 unspecified atom stereocenters. The molecule has 3 rings (SSSR count). The Morgan fingerprint density at radius 1 is 1.28 bits per heavy atom. The number of ether oxygens (including phenoxy) is 1. The molecule has 29 heavy (non-hydrogen) atoms. The van der Waals surface area contributed by atoms with Crippen molar-refractivity contribution in [2.24, 2.45) is 5.92 Å². The van der Waals surface area contributed by atoms with Gasteiger partial charge in [-0.1, -0.05) is 0 Å². The lowest BCUT2D eigenvalue weighted by Crippen LogP contribution is -2.43. The third kappa shape index (κ3) is 5.80. The van der Waals surface area contributed by atoms with Crippen LogP contribution in [-0.4, -0.2) is 48.5 Å². The number of nitrogens with one attached hydrogen (secondary N) is 1. The van der Waals surface area contributed by atoms with Gasteiger partial charge in [0, 0.05) is 30.3 Å². The maximum atomic E-state index is 13.4. The van der Waals surface area contributed by atoms with Crippen molar-refractivity contribution < 1.29 is 23.1 Å². The van der Waals surface area contributed by atoms with E-state index >= 15 is 0 Å². The van der Waals surface area contributed by atoms with Crippen LogP contribution in [0.15, 0.2) is 36.5 Å². The fourth-order valence-electron chi connectivity index (χ4n) is 3.60. The van der Waals surface area contributed by atoms with E-state index in [9.17, 15) is 18.4 Å². The number of anilines is 1. The Labute approximate surface area is 167 Å². The lowest BCUT2D eigenvalue weighted by Gasteiger charge is -2.36. The van der Waals surface area contributed by atoms with E-state index in [4.69, 9.17) is 4.74 Å². The van der Waals surface area contributed by atoms with E-state index in [2.05, 4.69) is 15.2 Å². The first-order chi connectivity index (χ1) is 13.9. The van der Waals surface area contributed by atoms with E-state index in [1.165, 1.54) is 18.3 Å². The van der Waals surface area contributed by atoms with Crippen molar-refractivity contribution >= 4 is 18.2 Å². The molecule has 8 heteroatoms. The van der Waals surface area contributed by atoms with Gasteiger partial charge in [0.15, 0.2) is 0 Å². The predicted octanol–water partition coefficient (Wildman–Crippen LogP) is 3.24. The summed E-state index contributed by atoms with van der Waals surface area (Å²) in [6.07, 6.45) is 3.48. The highest BCUT2D eigenvalue weighted by Crippen LogP contribution is 2.26. The zero-order chi connectivity index (χ0) is 20.8. The minimum atomic E-state index is -0.660. The number of hydrogen-bond acceptors (Lipinski definition) is 5. The molecule has 0 spiro atoms. The topological polar surface area (TPSA) is 71.5 Å². The molecule has 2 aromatic rings. The fraction of sp³-hybridized carbons (Fsp3) is 0.381. The van der Waals surface area contributed by atoms with Crippen molar-refractivity contribution in [1.82, 2.24) is 9.88 Å². The summed E-state index contributed by atoms with van der Waals surface area (Å²) in [7, 11) is 1.98. The van der Waals surface area contributed by atoms with Crippen molar-refractivity contribution in [2.75, 3.05) is 25.5 Å². The van der Waals surface area contributed by atoms with Gasteiger partial charge in [0.2, 0.25) is 5.91 Å². The molecule has 154 valence electrons. The van der Waals surface area contributed by atoms with E-state index in [1.807, 2.05) is 7.05 Å². The molecule has 0 saturated carbocycles. The van der Waals surface area contributed by atoms with Gasteiger partial charge in [-0.3, -0.25) is 9.59 Å². The normalized spacial score (nSPS) is 19.6. The minimum Gasteiger partial charge on any atom is -0.466 e. The number of aromatic nitrogens is 1. The first-order valence-corrected chi connectivity index (χ1v) is 9.42. The van der Waals surface area contributed by atoms with Crippen molar-refractivity contribution in [2.45, 2.75) is 25.3 Å². The second-order valence-corrected chi connectivity index (χ2v) is 7.30. The smallest absolute Gasteiger partial charge is 0.293 e. The number of likely N-dealkylation sites (tertiary alicyclic amines) is 1. The van der Waals surface area contributed by atoms with Crippen molar-refractivity contribution in [3.8, 4) is 11.1 Å². The summed E-state index contributed by atoms with van der Waals surface area (Å²) < 4.78 is 31.6. The van der Waals surface area contributed by atoms with Gasteiger partial charge in [0.05, 0.1) is 0 Å². The van der Waals surface area contributed by atoms with Gasteiger partial charge in [0.25, 0.3) is 6.47 Å². The van der Waals surface area contributed by atoms with Gasteiger partial charge >= 0.3 is 0 Å². The van der Waals surface area contributed by atoms with Crippen LogP contribution in [-0.2, 0) is 14.3 Å². The number of nitrogens with zero attached hydrogens (tertiary/aromatic N) is 2. The van der Waals surface area contributed by atoms with Gasteiger partial charge in [-0.2, -0.15) is 0 Å². The summed E-state index contributed by atoms with van der Waals surface area (Å²) in [6.45, 7) is 1.60. The monoisotopic (exact) mass is 403 g/mol. The fourth-order valence-corrected chi connectivity index (χ4v) is 3.60. The summed E-state index contributed by atoms with van der Waals surface area (Å²) in [4.78, 5) is 29.1. The molecule has 1 aromatic carbocycles. The van der Waals surface area contributed by atoms with Crippen LogP contribution in [0.5, 0.6) is 0 Å². The number of likely N-dealkylation sites (N-methyl/N-ethyl adjacent to an activating group) is 1. The van der Waals surface area contributed by atoms with E-state index in [0.717, 1.165) is 25.5 Å². The standard InChI is InChI=1S/C21H23F2N3O3/c1-26-5-4-14(6-19(26)12-29-13-27)7-21(28)25-20-3-2-15(11-24-20)16-8-17(22)10-18(23)9-16/h2-3,8-11,13-14,19H,4-7,12H2,1H3,(H,24,25,28)/t14-,19+/m0/s1. The zero-order valence-electron chi connectivity index (χ0n) is 16.1. The van der Waals surface area contributed by atoms with E-state index in [1.54, 1.807) is 12.1 Å². The highest BCUT2D eigenvalue weighted by molar-refractivity contribution is 5.90. The van der Waals surface area contributed by atoms with Crippen LogP contribution in [0.4, 0.5) is 14.6 Å². The van der Waals surface area contributed by atoms with Crippen molar-refractivity contribution in [1.29, 1.82) is 0 Å². The van der Waals surface area contributed by atoms with Crippen molar-refractivity contribution in [3.63, 3.8) is 0 Å². The molecule has 0 aliphatic carbocycles. The van der Waals surface area contributed by atoms with Gasteiger partial charge < -0.3 is 15.0 Å². The Bertz CT molecular complexity index is 840. The molecule has 2 heterocycles. The van der Waals surface area contributed by atoms with Crippen LogP contribution in [0.25, 0.3) is 11.1 Å². The molecule has 1 saturated heterocycles. The maximum absolute atomic E-state index is 13.4. The summed E-state index contributed by atoms with van der Waals surface area (Å²) in [5, 5.41) is 2.76. The Balaban J connectivity index is 1.56. The van der Waals surface area contributed by atoms with Gasteiger partial charge in [-0.15, -0.1) is 0 Å². The average molecular weight is 403 g/mol. The molecule has 1 N–H and O–H groups in total. The lowest BCUT2D eigenvalue weighted by molar-refractivity contribution is -0.131. The predicted molar refractivity (Wildman–Crippen MR) is 104 cm³/mol. The zero-order valence-corrected chi connectivity index (χ0v) is 16.1. The highest BCUT2D eigenvalue weighted by atomic mass is 19.1. The Hall–Kier alpha value is -2.87. The number of rotatable bonds is 7. The number of carbonyl (C=O) groups excluding carboxylic acids is 2. The second-order valence-electron chi connectivity index (χ2n) is 7.30. The van der Waals surface area contributed by atoms with Crippen LogP contribution in [0.3, 0.4) is 0 Å². The molecular formula is C21H23F2N3O3. The Kier molecular flexibility index (Phi) is 6.87. The molecule has 1 aromatic heterocycles. The number of hydrogen-bond donors (Lipinski definition) is 1. The number of pyridine rings is 1. The quantitative estimate of drug-likeness (QED) is 0.719. The average Bonchev–Trinajstić information content (AvgIpc) is 2.68. The number of benzene rings is 1. The van der Waals surface area contributed by atoms with Crippen LogP contribution in [0.1, 0.15) is 19.3 Å². The lowest BCUT2D eigenvalue weighted by atomic mass is 9.88. The number of carbonyl (C=O) groups is 2. The molecule has 1 aliphatic heterocycles. The third-order valence-electron chi connectivity index (χ3n) is 5.18. The molecule has 1 fully saturated rings. The van der Waals surface area contributed by atoms with Crippen LogP contribution >= 0.6 is 0 Å². The van der Waals surface area contributed by atoms with Gasteiger partial charge in [-0.05, 0) is 62.2 Å². The Morgan fingerprint density at radius 2 is 2.03 bits per heavy atom. The van der Waals surface area contributed by atoms with E-state index in [0.29, 0.717) is 36.4 Å². The van der Waals surface area contributed by atoms with Crippen molar-refractivity contribution in [3.05, 3.63) is 48.2 Å². The molecule has 2 atom stereocenters. The van der Waals surface area contributed by atoms with Gasteiger partial charge in [-0.25, -0.2) is 13.8 Å². The first-order valence-electron chi connectivity index (χ1n) is 9.42. The van der Waals surface area contributed by atoms with E-state index in [-0.39, 0.29) is 17.9 Å². The summed E-state index contributed by atoms with van der Waals surface area (Å²) in [5.74, 6) is -0.892. The number of amides is 1. The Morgan fingerprint density at radius 3 is 2.69 bits per heavy atom. The maximum Gasteiger partial charge on any atom is 0.293 e. The summed E-state index contributed by atoms with van der Waals surface area (Å²) in [5.41, 5.74) is 0.928. The van der Waals surface area contributed by atoms with Crippen LogP contribution in [0, 0.1) is 17.6 Å². The molecule has 1 aliphatic rings. The first kappa shape index (κ1) is 20.9. The number of halogens is 2. The molecule has 1 amide bonds. The van der Waals surface area contributed by atoms with E-state index < -0.39 is 11.6 Å². The number of piperidine rings is 1. The largest absolute Gasteiger partial charge is 0.466 e. The molecule has 0 radical (unpaired) electrons. The SMILES string of the molecule is CN1CC[C@H](CC(=O)Nc2ccc(-c3cc(F)cc(F)c3)cn2)C[C@@H]1COC=O. The second kappa shape index (κ2) is 9.56. The van der Waals surface area contributed by atoms with Crippen LogP contribution < -0.4 is 5.32 Å². The molecular weight excluding hydrogens is 380 g/mol. The third-order valence-corrected chi connectivity index (χ3v) is 5.18. The molecule has 0 bridgehead atoms. The highest BCUT2D eigenvalue weighted by Gasteiger charge is 2.28.